The Kier molecular flexibility index (Phi) is 7.44. The number of hydrogen-bond acceptors (Lipinski definition) is 5. The van der Waals surface area contributed by atoms with Crippen LogP contribution in [-0.2, 0) is 9.53 Å². The van der Waals surface area contributed by atoms with Crippen LogP contribution in [0.3, 0.4) is 0 Å². The number of rotatable bonds is 9. The first-order valence-corrected chi connectivity index (χ1v) is 9.89. The van der Waals surface area contributed by atoms with Gasteiger partial charge in [-0.2, -0.15) is 5.10 Å². The summed E-state index contributed by atoms with van der Waals surface area (Å²) >= 11 is 9.47. The largest absolute Gasteiger partial charge is 0.465 e. The molecule has 8 heteroatoms. The summed E-state index contributed by atoms with van der Waals surface area (Å²) in [6, 6.07) is 6.96. The van der Waals surface area contributed by atoms with Crippen LogP contribution in [0.4, 0.5) is 0 Å². The normalized spacial score (nSPS) is 13.7. The molecule has 1 aromatic carbocycles. The lowest BCUT2D eigenvalue weighted by Crippen LogP contribution is -2.44. The molecule has 6 nitrogen and oxygen atoms in total. The van der Waals surface area contributed by atoms with E-state index in [0.717, 1.165) is 5.57 Å². The third-order valence-corrected chi connectivity index (χ3v) is 5.54. The molecule has 0 N–H and O–H groups in total. The van der Waals surface area contributed by atoms with Crippen molar-refractivity contribution in [3.63, 3.8) is 0 Å². The van der Waals surface area contributed by atoms with Gasteiger partial charge in [0.15, 0.2) is 6.10 Å². The first-order valence-electron chi connectivity index (χ1n) is 8.39. The van der Waals surface area contributed by atoms with Crippen LogP contribution in [-0.4, -0.2) is 32.2 Å². The van der Waals surface area contributed by atoms with Gasteiger partial charge in [-0.05, 0) is 31.2 Å². The number of ether oxygens (including phenoxy) is 2. The first kappa shape index (κ1) is 21.4. The molecule has 2 aromatic rings. The lowest BCUT2D eigenvalue weighted by molar-refractivity contribution is -0.167. The van der Waals surface area contributed by atoms with Crippen LogP contribution in [0, 0.1) is 5.41 Å². The standard InChI is InChI=1S/C19H23BrClN3O3/c1-13(2)9-16(25)27-17(19(3,4)10-20)18(24-12-22-11-23-24)26-15-7-5-14(21)6-8-15/h5-8,11-12,17-18H,1,9-10H2,2-4H3. The van der Waals surface area contributed by atoms with Crippen molar-refractivity contribution >= 4 is 33.5 Å². The van der Waals surface area contributed by atoms with E-state index in [-0.39, 0.29) is 12.4 Å². The van der Waals surface area contributed by atoms with Crippen LogP contribution in [0.2, 0.25) is 5.02 Å². The predicted octanol–water partition coefficient (Wildman–Crippen LogP) is 4.81. The highest BCUT2D eigenvalue weighted by Gasteiger charge is 2.41. The molecule has 0 saturated heterocycles. The van der Waals surface area contributed by atoms with E-state index in [9.17, 15) is 4.79 Å². The van der Waals surface area contributed by atoms with E-state index >= 15 is 0 Å². The summed E-state index contributed by atoms with van der Waals surface area (Å²) in [4.78, 5) is 16.4. The second-order valence-electron chi connectivity index (χ2n) is 7.00. The van der Waals surface area contributed by atoms with Gasteiger partial charge in [-0.3, -0.25) is 4.79 Å². The Morgan fingerprint density at radius 1 is 1.37 bits per heavy atom. The quantitative estimate of drug-likeness (QED) is 0.308. The molecule has 1 aromatic heterocycles. The van der Waals surface area contributed by atoms with Crippen molar-refractivity contribution in [2.45, 2.75) is 39.5 Å². The van der Waals surface area contributed by atoms with Gasteiger partial charge < -0.3 is 9.47 Å². The second-order valence-corrected chi connectivity index (χ2v) is 8.00. The van der Waals surface area contributed by atoms with Gasteiger partial charge in [-0.1, -0.05) is 53.5 Å². The number of nitrogens with zero attached hydrogens (tertiary/aromatic N) is 3. The molecule has 0 aliphatic carbocycles. The third-order valence-electron chi connectivity index (χ3n) is 3.85. The van der Waals surface area contributed by atoms with Gasteiger partial charge >= 0.3 is 5.97 Å². The lowest BCUT2D eigenvalue weighted by Gasteiger charge is -2.37. The highest BCUT2D eigenvalue weighted by molar-refractivity contribution is 9.09. The van der Waals surface area contributed by atoms with Crippen LogP contribution in [0.1, 0.15) is 33.4 Å². The zero-order valence-electron chi connectivity index (χ0n) is 15.6. The van der Waals surface area contributed by atoms with Crippen LogP contribution >= 0.6 is 27.5 Å². The first-order chi connectivity index (χ1) is 12.7. The van der Waals surface area contributed by atoms with E-state index < -0.39 is 17.7 Å². The zero-order valence-corrected chi connectivity index (χ0v) is 17.9. The fourth-order valence-electron chi connectivity index (χ4n) is 2.37. The molecule has 2 atom stereocenters. The Hall–Kier alpha value is -1.86. The number of hydrogen-bond donors (Lipinski definition) is 0. The molecule has 0 spiro atoms. The number of benzene rings is 1. The molecule has 2 unspecified atom stereocenters. The van der Waals surface area contributed by atoms with E-state index in [1.807, 2.05) is 13.8 Å². The van der Waals surface area contributed by atoms with Gasteiger partial charge in [-0.25, -0.2) is 9.67 Å². The van der Waals surface area contributed by atoms with Crippen molar-refractivity contribution < 1.29 is 14.3 Å². The van der Waals surface area contributed by atoms with E-state index in [4.69, 9.17) is 21.1 Å². The van der Waals surface area contributed by atoms with Crippen LogP contribution in [0.15, 0.2) is 49.1 Å². The molecule has 0 aliphatic heterocycles. The fraction of sp³-hybridized carbons (Fsp3) is 0.421. The van der Waals surface area contributed by atoms with Crippen LogP contribution < -0.4 is 4.74 Å². The van der Waals surface area contributed by atoms with Gasteiger partial charge in [0.05, 0.1) is 6.42 Å². The van der Waals surface area contributed by atoms with E-state index in [1.165, 1.54) is 17.3 Å². The predicted molar refractivity (Wildman–Crippen MR) is 108 cm³/mol. The minimum Gasteiger partial charge on any atom is -0.465 e. The number of esters is 1. The minimum atomic E-state index is -0.713. The molecule has 0 amide bonds. The number of aromatic nitrogens is 3. The average molecular weight is 457 g/mol. The van der Waals surface area contributed by atoms with Crippen molar-refractivity contribution in [1.29, 1.82) is 0 Å². The third kappa shape index (κ3) is 6.07. The van der Waals surface area contributed by atoms with Crippen molar-refractivity contribution in [2.75, 3.05) is 5.33 Å². The maximum Gasteiger partial charge on any atom is 0.310 e. The van der Waals surface area contributed by atoms with Gasteiger partial charge in [0.25, 0.3) is 0 Å². The SMILES string of the molecule is C=C(C)CC(=O)OC(C(Oc1ccc(Cl)cc1)n1cncn1)C(C)(C)CBr. The van der Waals surface area contributed by atoms with Gasteiger partial charge in [0, 0.05) is 15.8 Å². The maximum absolute atomic E-state index is 12.4. The van der Waals surface area contributed by atoms with E-state index in [0.29, 0.717) is 16.1 Å². The number of carbonyl (C=O) groups excluding carboxylic acids is 1. The molecule has 146 valence electrons. The fourth-order valence-corrected chi connectivity index (χ4v) is 2.81. The summed E-state index contributed by atoms with van der Waals surface area (Å²) in [5.41, 5.74) is 0.277. The summed E-state index contributed by atoms with van der Waals surface area (Å²) in [5.74, 6) is 0.206. The molecule has 0 aliphatic rings. The molecule has 0 bridgehead atoms. The Labute approximate surface area is 172 Å². The summed E-state index contributed by atoms with van der Waals surface area (Å²) in [6.45, 7) is 9.52. The molecular formula is C19H23BrClN3O3. The zero-order chi connectivity index (χ0) is 20.0. The molecule has 0 fully saturated rings. The van der Waals surface area contributed by atoms with Crippen LogP contribution in [0.5, 0.6) is 5.75 Å². The highest BCUT2D eigenvalue weighted by atomic mass is 79.9. The molecule has 1 heterocycles. The van der Waals surface area contributed by atoms with Gasteiger partial charge in [0.2, 0.25) is 6.23 Å². The monoisotopic (exact) mass is 455 g/mol. The Morgan fingerprint density at radius 2 is 2.04 bits per heavy atom. The summed E-state index contributed by atoms with van der Waals surface area (Å²) < 4.78 is 13.5. The van der Waals surface area contributed by atoms with Crippen molar-refractivity contribution in [1.82, 2.24) is 14.8 Å². The molecule has 0 radical (unpaired) electrons. The molecule has 27 heavy (non-hydrogen) atoms. The lowest BCUT2D eigenvalue weighted by atomic mass is 9.87. The smallest absolute Gasteiger partial charge is 0.310 e. The van der Waals surface area contributed by atoms with Crippen molar-refractivity contribution in [2.24, 2.45) is 5.41 Å². The molecule has 2 rings (SSSR count). The Balaban J connectivity index is 2.38. The molecular weight excluding hydrogens is 434 g/mol. The van der Waals surface area contributed by atoms with E-state index in [2.05, 4.69) is 32.6 Å². The average Bonchev–Trinajstić information content (AvgIpc) is 3.13. The topological polar surface area (TPSA) is 66.2 Å². The Morgan fingerprint density at radius 3 is 2.56 bits per heavy atom. The molecule has 0 saturated carbocycles. The van der Waals surface area contributed by atoms with Crippen LogP contribution in [0.25, 0.3) is 0 Å². The number of halogens is 2. The van der Waals surface area contributed by atoms with Gasteiger partial charge in [0.1, 0.15) is 18.4 Å². The highest BCUT2D eigenvalue weighted by Crippen LogP contribution is 2.35. The maximum atomic E-state index is 12.4. The number of alkyl halides is 1. The summed E-state index contributed by atoms with van der Waals surface area (Å²) in [6.07, 6.45) is 1.73. The Bertz CT molecular complexity index is 763. The van der Waals surface area contributed by atoms with E-state index in [1.54, 1.807) is 31.2 Å². The van der Waals surface area contributed by atoms with Gasteiger partial charge in [-0.15, -0.1) is 0 Å². The summed E-state index contributed by atoms with van der Waals surface area (Å²) in [5, 5.41) is 5.38. The number of carbonyl (C=O) groups is 1. The summed E-state index contributed by atoms with van der Waals surface area (Å²) in [7, 11) is 0. The van der Waals surface area contributed by atoms with Crippen molar-refractivity contribution in [3.05, 3.63) is 54.1 Å². The minimum absolute atomic E-state index is 0.139. The van der Waals surface area contributed by atoms with Crippen molar-refractivity contribution in [3.8, 4) is 5.75 Å². The second kappa shape index (κ2) is 9.37.